The normalized spacial score (nSPS) is 30.3. The maximum absolute atomic E-state index is 5.42. The van der Waals surface area contributed by atoms with E-state index in [0.717, 1.165) is 18.8 Å². The summed E-state index contributed by atoms with van der Waals surface area (Å²) in [6.07, 6.45) is 6.87. The Morgan fingerprint density at radius 1 is 1.60 bits per heavy atom. The van der Waals surface area contributed by atoms with Crippen LogP contribution in [0.1, 0.15) is 19.8 Å². The number of hydrogen-bond donors (Lipinski definition) is 0. The molecule has 10 heavy (non-hydrogen) atoms. The van der Waals surface area contributed by atoms with Gasteiger partial charge in [0.1, 0.15) is 5.76 Å². The van der Waals surface area contributed by atoms with Gasteiger partial charge in [-0.1, -0.05) is 13.0 Å². The molecule has 1 saturated heterocycles. The van der Waals surface area contributed by atoms with Crippen molar-refractivity contribution in [2.24, 2.45) is 5.92 Å². The third kappa shape index (κ3) is 0.859. The number of hydrogen-bond acceptors (Lipinski definition) is 1. The molecule has 1 aliphatic heterocycles. The molecule has 2 aliphatic rings. The summed E-state index contributed by atoms with van der Waals surface area (Å²) in [5, 5.41) is 0. The zero-order valence-corrected chi connectivity index (χ0v) is 6.26. The number of rotatable bonds is 0. The monoisotopic (exact) mass is 136 g/mol. The SMILES string of the molecule is CC1C=C2OCCC2=CC1. The fourth-order valence-corrected chi connectivity index (χ4v) is 1.50. The van der Waals surface area contributed by atoms with E-state index in [1.54, 1.807) is 0 Å². The second-order valence-corrected chi connectivity index (χ2v) is 3.07. The highest BCUT2D eigenvalue weighted by Gasteiger charge is 2.18. The molecule has 1 heteroatoms. The summed E-state index contributed by atoms with van der Waals surface area (Å²) in [5.41, 5.74) is 1.43. The van der Waals surface area contributed by atoms with Gasteiger partial charge in [0, 0.05) is 6.42 Å². The van der Waals surface area contributed by atoms with Crippen LogP contribution in [0.3, 0.4) is 0 Å². The van der Waals surface area contributed by atoms with Gasteiger partial charge < -0.3 is 4.74 Å². The van der Waals surface area contributed by atoms with Gasteiger partial charge in [0.15, 0.2) is 0 Å². The third-order valence-electron chi connectivity index (χ3n) is 2.12. The van der Waals surface area contributed by atoms with Gasteiger partial charge in [-0.25, -0.2) is 0 Å². The Morgan fingerprint density at radius 2 is 2.50 bits per heavy atom. The largest absolute Gasteiger partial charge is 0.493 e. The quantitative estimate of drug-likeness (QED) is 0.496. The van der Waals surface area contributed by atoms with E-state index in [4.69, 9.17) is 4.74 Å². The van der Waals surface area contributed by atoms with Crippen LogP contribution in [0.15, 0.2) is 23.5 Å². The van der Waals surface area contributed by atoms with Gasteiger partial charge >= 0.3 is 0 Å². The topological polar surface area (TPSA) is 9.23 Å². The van der Waals surface area contributed by atoms with E-state index < -0.39 is 0 Å². The van der Waals surface area contributed by atoms with Gasteiger partial charge in [-0.05, 0) is 24.0 Å². The Morgan fingerprint density at radius 3 is 3.40 bits per heavy atom. The molecule has 0 aromatic carbocycles. The maximum atomic E-state index is 5.42. The van der Waals surface area contributed by atoms with Gasteiger partial charge in [0.25, 0.3) is 0 Å². The van der Waals surface area contributed by atoms with Gasteiger partial charge in [-0.2, -0.15) is 0 Å². The Balaban J connectivity index is 2.27. The number of fused-ring (bicyclic) bond motifs is 1. The first kappa shape index (κ1) is 6.02. The van der Waals surface area contributed by atoms with Crippen LogP contribution in [-0.4, -0.2) is 6.61 Å². The zero-order valence-electron chi connectivity index (χ0n) is 6.26. The molecule has 0 aromatic rings. The first-order valence-corrected chi connectivity index (χ1v) is 3.90. The molecule has 1 unspecified atom stereocenters. The van der Waals surface area contributed by atoms with Crippen molar-refractivity contribution in [3.05, 3.63) is 23.5 Å². The maximum Gasteiger partial charge on any atom is 0.118 e. The van der Waals surface area contributed by atoms with E-state index in [-0.39, 0.29) is 0 Å². The molecule has 0 spiro atoms. The van der Waals surface area contributed by atoms with Crippen molar-refractivity contribution in [1.29, 1.82) is 0 Å². The molecule has 1 fully saturated rings. The molecule has 0 N–H and O–H groups in total. The lowest BCUT2D eigenvalue weighted by Gasteiger charge is -2.11. The molecule has 0 radical (unpaired) electrons. The molecule has 0 aromatic heterocycles. The van der Waals surface area contributed by atoms with Crippen molar-refractivity contribution in [2.45, 2.75) is 19.8 Å². The molecule has 1 heterocycles. The molecule has 2 rings (SSSR count). The summed E-state index contributed by atoms with van der Waals surface area (Å²) in [6, 6.07) is 0. The predicted molar refractivity (Wildman–Crippen MR) is 40.5 cm³/mol. The summed E-state index contributed by atoms with van der Waals surface area (Å²) in [7, 11) is 0. The summed E-state index contributed by atoms with van der Waals surface area (Å²) in [5.74, 6) is 1.83. The van der Waals surface area contributed by atoms with Crippen molar-refractivity contribution >= 4 is 0 Å². The minimum absolute atomic E-state index is 0.678. The Kier molecular flexibility index (Phi) is 1.30. The van der Waals surface area contributed by atoms with Crippen LogP contribution in [0.4, 0.5) is 0 Å². The summed E-state index contributed by atoms with van der Waals surface area (Å²) < 4.78 is 5.42. The van der Waals surface area contributed by atoms with Gasteiger partial charge in [-0.15, -0.1) is 0 Å². The van der Waals surface area contributed by atoms with Crippen LogP contribution in [0, 0.1) is 5.92 Å². The Bertz CT molecular complexity index is 201. The van der Waals surface area contributed by atoms with Crippen LogP contribution in [-0.2, 0) is 4.74 Å². The second kappa shape index (κ2) is 2.15. The highest BCUT2D eigenvalue weighted by atomic mass is 16.5. The average Bonchev–Trinajstić information content (AvgIpc) is 2.33. The lowest BCUT2D eigenvalue weighted by Crippen LogP contribution is -1.97. The van der Waals surface area contributed by atoms with Gasteiger partial charge in [-0.3, -0.25) is 0 Å². The second-order valence-electron chi connectivity index (χ2n) is 3.07. The highest BCUT2D eigenvalue weighted by molar-refractivity contribution is 5.32. The van der Waals surface area contributed by atoms with E-state index in [1.165, 1.54) is 12.0 Å². The van der Waals surface area contributed by atoms with Crippen molar-refractivity contribution in [3.63, 3.8) is 0 Å². The van der Waals surface area contributed by atoms with Gasteiger partial charge in [0.2, 0.25) is 0 Å². The molecule has 1 aliphatic carbocycles. The lowest BCUT2D eigenvalue weighted by atomic mass is 9.97. The van der Waals surface area contributed by atoms with E-state index >= 15 is 0 Å². The first-order chi connectivity index (χ1) is 4.86. The van der Waals surface area contributed by atoms with Crippen LogP contribution >= 0.6 is 0 Å². The molecule has 0 bridgehead atoms. The minimum Gasteiger partial charge on any atom is -0.493 e. The molecular weight excluding hydrogens is 124 g/mol. The van der Waals surface area contributed by atoms with E-state index in [0.29, 0.717) is 5.92 Å². The van der Waals surface area contributed by atoms with Crippen LogP contribution in [0.25, 0.3) is 0 Å². The summed E-state index contributed by atoms with van der Waals surface area (Å²) in [6.45, 7) is 3.12. The third-order valence-corrected chi connectivity index (χ3v) is 2.12. The van der Waals surface area contributed by atoms with Gasteiger partial charge in [0.05, 0.1) is 6.61 Å². The fourth-order valence-electron chi connectivity index (χ4n) is 1.50. The molecule has 1 atom stereocenters. The first-order valence-electron chi connectivity index (χ1n) is 3.90. The molecule has 0 saturated carbocycles. The lowest BCUT2D eigenvalue weighted by molar-refractivity contribution is 0.262. The van der Waals surface area contributed by atoms with Crippen molar-refractivity contribution in [1.82, 2.24) is 0 Å². The van der Waals surface area contributed by atoms with Crippen LogP contribution < -0.4 is 0 Å². The zero-order chi connectivity index (χ0) is 6.97. The number of ether oxygens (including phenoxy) is 1. The predicted octanol–water partition coefficient (Wildman–Crippen LogP) is 2.26. The van der Waals surface area contributed by atoms with Crippen LogP contribution in [0.5, 0.6) is 0 Å². The summed E-state index contributed by atoms with van der Waals surface area (Å²) in [4.78, 5) is 0. The Hall–Kier alpha value is -0.720. The number of allylic oxidation sites excluding steroid dienone is 3. The van der Waals surface area contributed by atoms with E-state index in [1.807, 2.05) is 0 Å². The van der Waals surface area contributed by atoms with E-state index in [9.17, 15) is 0 Å². The fraction of sp³-hybridized carbons (Fsp3) is 0.556. The average molecular weight is 136 g/mol. The summed E-state index contributed by atoms with van der Waals surface area (Å²) >= 11 is 0. The minimum atomic E-state index is 0.678. The van der Waals surface area contributed by atoms with Crippen molar-refractivity contribution < 1.29 is 4.74 Å². The van der Waals surface area contributed by atoms with Crippen molar-refractivity contribution in [2.75, 3.05) is 6.61 Å². The molecule has 0 amide bonds. The smallest absolute Gasteiger partial charge is 0.118 e. The van der Waals surface area contributed by atoms with Crippen molar-refractivity contribution in [3.8, 4) is 0 Å². The standard InChI is InChI=1S/C9H12O/c1-7-2-3-8-4-5-10-9(8)6-7/h3,6-7H,2,4-5H2,1H3. The molecular formula is C9H12O. The molecule has 1 nitrogen and oxygen atoms in total. The Labute approximate surface area is 61.4 Å². The van der Waals surface area contributed by atoms with E-state index in [2.05, 4.69) is 19.1 Å². The highest BCUT2D eigenvalue weighted by Crippen LogP contribution is 2.30. The van der Waals surface area contributed by atoms with Crippen LogP contribution in [0.2, 0.25) is 0 Å². The molecule has 54 valence electrons.